The molecule has 0 aromatic heterocycles. The maximum absolute atomic E-state index is 12.5. The Hall–Kier alpha value is -1.42. The van der Waals surface area contributed by atoms with Crippen molar-refractivity contribution in [3.8, 4) is 5.75 Å². The van der Waals surface area contributed by atoms with E-state index < -0.39 is 31.5 Å². The highest BCUT2D eigenvalue weighted by Crippen LogP contribution is 2.27. The van der Waals surface area contributed by atoms with Gasteiger partial charge in [-0.15, -0.1) is 0 Å². The zero-order valence-electron chi connectivity index (χ0n) is 20.1. The quantitative estimate of drug-likeness (QED) is 0.166. The van der Waals surface area contributed by atoms with Gasteiger partial charge in [-0.2, -0.15) is 0 Å². The number of amides is 2. The minimum absolute atomic E-state index is 0.0801. The molecule has 2 aromatic rings. The molecule has 7 nitrogen and oxygen atoms in total. The first kappa shape index (κ1) is 32.8. The third kappa shape index (κ3) is 12.2. The molecule has 0 fully saturated rings. The molecule has 0 heterocycles. The van der Waals surface area contributed by atoms with Crippen LogP contribution in [-0.2, 0) is 32.3 Å². The lowest BCUT2D eigenvalue weighted by Gasteiger charge is -2.29. The Labute approximate surface area is 251 Å². The van der Waals surface area contributed by atoms with Gasteiger partial charge in [0, 0.05) is 0 Å². The second-order valence-corrected chi connectivity index (χ2v) is 12.4. The molecule has 0 bridgehead atoms. The number of carbonyl (C=O) groups is 2. The lowest BCUT2D eigenvalue weighted by Crippen LogP contribution is -2.56. The van der Waals surface area contributed by atoms with Gasteiger partial charge in [-0.05, 0) is 23.3 Å². The summed E-state index contributed by atoms with van der Waals surface area (Å²) >= 11 is 34.5. The predicted molar refractivity (Wildman–Crippen MR) is 152 cm³/mol. The molecule has 208 valence electrons. The summed E-state index contributed by atoms with van der Waals surface area (Å²) in [6, 6.07) is 14.9. The molecule has 0 radical (unpaired) electrons. The molecule has 0 unspecified atom stereocenters. The van der Waals surface area contributed by atoms with Crippen LogP contribution in [0.25, 0.3) is 0 Å². The SMILES string of the molecule is COc1ccc(COC/C=C/[C@H](NC(=O)C(Cl)(Cl)Cl)[C@@H](COCc2ccccc2)NC(=O)C(Cl)(Cl)Cl)cc1. The number of rotatable bonds is 13. The lowest BCUT2D eigenvalue weighted by atomic mass is 10.1. The Morgan fingerprint density at radius 2 is 1.37 bits per heavy atom. The first-order valence-corrected chi connectivity index (χ1v) is 13.4. The van der Waals surface area contributed by atoms with Crippen LogP contribution in [-0.4, -0.2) is 51.8 Å². The van der Waals surface area contributed by atoms with Crippen molar-refractivity contribution in [2.75, 3.05) is 20.3 Å². The van der Waals surface area contributed by atoms with Crippen molar-refractivity contribution >= 4 is 81.4 Å². The van der Waals surface area contributed by atoms with Crippen molar-refractivity contribution in [2.24, 2.45) is 0 Å². The molecule has 0 aliphatic heterocycles. The van der Waals surface area contributed by atoms with Gasteiger partial charge in [0.25, 0.3) is 19.4 Å². The van der Waals surface area contributed by atoms with Crippen LogP contribution >= 0.6 is 69.6 Å². The van der Waals surface area contributed by atoms with Crippen molar-refractivity contribution in [3.63, 3.8) is 0 Å². The third-order valence-electron chi connectivity index (χ3n) is 4.96. The van der Waals surface area contributed by atoms with Gasteiger partial charge < -0.3 is 24.8 Å². The number of carbonyl (C=O) groups excluding carboxylic acids is 2. The molecule has 0 saturated heterocycles. The number of methoxy groups -OCH3 is 1. The topological polar surface area (TPSA) is 85.9 Å². The van der Waals surface area contributed by atoms with Gasteiger partial charge in [0.1, 0.15) is 5.75 Å². The maximum Gasteiger partial charge on any atom is 0.272 e. The van der Waals surface area contributed by atoms with E-state index in [2.05, 4.69) is 10.6 Å². The monoisotopic (exact) mass is 644 g/mol. The average Bonchev–Trinajstić information content (AvgIpc) is 2.87. The van der Waals surface area contributed by atoms with Gasteiger partial charge in [0.15, 0.2) is 0 Å². The van der Waals surface area contributed by atoms with Crippen molar-refractivity contribution < 1.29 is 23.8 Å². The second-order valence-electron chi connectivity index (χ2n) is 7.87. The van der Waals surface area contributed by atoms with Crippen LogP contribution in [0.5, 0.6) is 5.75 Å². The Kier molecular flexibility index (Phi) is 13.8. The van der Waals surface area contributed by atoms with E-state index in [4.69, 9.17) is 83.8 Å². The standard InChI is InChI=1S/C25H26Cl6N2O5/c1-36-19-11-9-18(10-12-19)14-37-13-5-8-20(32-22(34)24(26,27)28)21(33-23(35)25(29,30)31)16-38-15-17-6-3-2-4-7-17/h2-12,20-21H,13-16H2,1H3,(H,32,34)(H,33,35)/b8-5+/t20-,21+/m0/s1. The second kappa shape index (κ2) is 16.0. The van der Waals surface area contributed by atoms with E-state index in [0.29, 0.717) is 6.61 Å². The number of alkyl halides is 6. The highest BCUT2D eigenvalue weighted by Gasteiger charge is 2.37. The Balaban J connectivity index is 2.13. The highest BCUT2D eigenvalue weighted by atomic mass is 35.6. The molecule has 0 aliphatic rings. The van der Waals surface area contributed by atoms with Crippen LogP contribution in [0.1, 0.15) is 11.1 Å². The molecule has 0 saturated carbocycles. The van der Waals surface area contributed by atoms with Crippen LogP contribution in [0.3, 0.4) is 0 Å². The normalized spacial score (nSPS) is 13.7. The van der Waals surface area contributed by atoms with E-state index in [-0.39, 0.29) is 19.8 Å². The number of ether oxygens (including phenoxy) is 3. The van der Waals surface area contributed by atoms with E-state index in [9.17, 15) is 9.59 Å². The molecule has 38 heavy (non-hydrogen) atoms. The largest absolute Gasteiger partial charge is 0.497 e. The van der Waals surface area contributed by atoms with Gasteiger partial charge in [-0.25, -0.2) is 0 Å². The zero-order chi connectivity index (χ0) is 28.2. The number of hydrogen-bond acceptors (Lipinski definition) is 5. The first-order valence-electron chi connectivity index (χ1n) is 11.1. The average molecular weight is 647 g/mol. The molecule has 2 N–H and O–H groups in total. The van der Waals surface area contributed by atoms with E-state index in [1.54, 1.807) is 19.3 Å². The van der Waals surface area contributed by atoms with E-state index in [0.717, 1.165) is 16.9 Å². The van der Waals surface area contributed by atoms with Gasteiger partial charge in [0.05, 0.1) is 45.6 Å². The van der Waals surface area contributed by atoms with E-state index in [1.165, 1.54) is 0 Å². The number of halogens is 6. The van der Waals surface area contributed by atoms with Crippen LogP contribution < -0.4 is 15.4 Å². The summed E-state index contributed by atoms with van der Waals surface area (Å²) in [5.41, 5.74) is 1.82. The summed E-state index contributed by atoms with van der Waals surface area (Å²) in [6.45, 7) is 0.638. The maximum atomic E-state index is 12.5. The van der Waals surface area contributed by atoms with Crippen molar-refractivity contribution in [1.29, 1.82) is 0 Å². The minimum Gasteiger partial charge on any atom is -0.497 e. The zero-order valence-corrected chi connectivity index (χ0v) is 24.7. The molecule has 2 rings (SSSR count). The molecule has 2 amide bonds. The summed E-state index contributed by atoms with van der Waals surface area (Å²) < 4.78 is 12.1. The number of nitrogens with one attached hydrogen (secondary N) is 2. The number of hydrogen-bond donors (Lipinski definition) is 2. The van der Waals surface area contributed by atoms with E-state index in [1.807, 2.05) is 54.6 Å². The van der Waals surface area contributed by atoms with Crippen LogP contribution in [0.15, 0.2) is 66.7 Å². The fourth-order valence-electron chi connectivity index (χ4n) is 3.05. The van der Waals surface area contributed by atoms with Crippen LogP contribution in [0.4, 0.5) is 0 Å². The molecule has 0 aliphatic carbocycles. The molecular formula is C25H26Cl6N2O5. The predicted octanol–water partition coefficient (Wildman–Crippen LogP) is 5.69. The number of benzene rings is 2. The summed E-state index contributed by atoms with van der Waals surface area (Å²) in [4.78, 5) is 24.9. The minimum atomic E-state index is -2.26. The van der Waals surface area contributed by atoms with Gasteiger partial charge in [-0.1, -0.05) is 124 Å². The lowest BCUT2D eigenvalue weighted by molar-refractivity contribution is -0.123. The fourth-order valence-corrected chi connectivity index (χ4v) is 3.38. The van der Waals surface area contributed by atoms with Crippen molar-refractivity contribution in [1.82, 2.24) is 10.6 Å². The smallest absolute Gasteiger partial charge is 0.272 e. The van der Waals surface area contributed by atoms with Gasteiger partial charge in [-0.3, -0.25) is 9.59 Å². The van der Waals surface area contributed by atoms with Gasteiger partial charge >= 0.3 is 0 Å². The Bertz CT molecular complexity index is 1040. The summed E-state index contributed by atoms with van der Waals surface area (Å²) in [5, 5.41) is 5.14. The fraction of sp³-hybridized carbons (Fsp3) is 0.360. The first-order chi connectivity index (χ1) is 17.9. The molecule has 13 heteroatoms. The summed E-state index contributed by atoms with van der Waals surface area (Å²) in [5.74, 6) is -1.11. The van der Waals surface area contributed by atoms with Crippen molar-refractivity contribution in [3.05, 3.63) is 77.9 Å². The molecular weight excluding hydrogens is 621 g/mol. The molecule has 2 aromatic carbocycles. The molecule has 0 spiro atoms. The molecule has 2 atom stereocenters. The van der Waals surface area contributed by atoms with Crippen molar-refractivity contribution in [2.45, 2.75) is 32.9 Å². The Morgan fingerprint density at radius 1 is 0.816 bits per heavy atom. The van der Waals surface area contributed by atoms with Gasteiger partial charge in [0.2, 0.25) is 0 Å². The van der Waals surface area contributed by atoms with E-state index >= 15 is 0 Å². The Morgan fingerprint density at radius 3 is 1.95 bits per heavy atom. The third-order valence-corrected chi connectivity index (χ3v) is 5.99. The summed E-state index contributed by atoms with van der Waals surface area (Å²) in [6.07, 6.45) is 3.20. The highest BCUT2D eigenvalue weighted by molar-refractivity contribution is 6.76. The van der Waals surface area contributed by atoms with Crippen LogP contribution in [0.2, 0.25) is 0 Å². The van der Waals surface area contributed by atoms with Crippen LogP contribution in [0, 0.1) is 0 Å². The summed E-state index contributed by atoms with van der Waals surface area (Å²) in [7, 11) is 1.59.